The predicted molar refractivity (Wildman–Crippen MR) is 102 cm³/mol. The van der Waals surface area contributed by atoms with Crippen LogP contribution in [0.4, 0.5) is 0 Å². The highest BCUT2D eigenvalue weighted by Gasteiger charge is 2.26. The Morgan fingerprint density at radius 1 is 1.42 bits per heavy atom. The number of carbonyl (C=O) groups excluding carboxylic acids is 1. The predicted octanol–water partition coefficient (Wildman–Crippen LogP) is 3.34. The van der Waals surface area contributed by atoms with Crippen molar-refractivity contribution < 1.29 is 9.53 Å². The summed E-state index contributed by atoms with van der Waals surface area (Å²) in [6, 6.07) is 5.53. The van der Waals surface area contributed by atoms with Crippen molar-refractivity contribution in [1.29, 1.82) is 0 Å². The van der Waals surface area contributed by atoms with E-state index in [1.807, 2.05) is 32.0 Å². The second-order valence-electron chi connectivity index (χ2n) is 6.86. The van der Waals surface area contributed by atoms with Gasteiger partial charge in [-0.2, -0.15) is 4.91 Å². The van der Waals surface area contributed by atoms with E-state index in [2.05, 4.69) is 21.4 Å². The third kappa shape index (κ3) is 4.57. The van der Waals surface area contributed by atoms with Crippen molar-refractivity contribution in [3.8, 4) is 18.1 Å². The lowest BCUT2D eigenvalue weighted by atomic mass is 10.1. The van der Waals surface area contributed by atoms with Crippen molar-refractivity contribution in [3.05, 3.63) is 40.4 Å². The fourth-order valence-electron chi connectivity index (χ4n) is 2.65. The number of pyridine rings is 1. The monoisotopic (exact) mass is 353 g/mol. The van der Waals surface area contributed by atoms with Gasteiger partial charge in [-0.15, -0.1) is 6.42 Å². The van der Waals surface area contributed by atoms with Crippen LogP contribution in [0.2, 0.25) is 0 Å². The average Bonchev–Trinajstić information content (AvgIpc) is 2.58. The maximum absolute atomic E-state index is 12.5. The largest absolute Gasteiger partial charge is 0.481 e. The molecule has 1 N–H and O–H groups in total. The summed E-state index contributed by atoms with van der Waals surface area (Å²) in [5, 5.41) is 6.52. The van der Waals surface area contributed by atoms with Crippen LogP contribution in [0.3, 0.4) is 0 Å². The molecule has 0 aliphatic rings. The van der Waals surface area contributed by atoms with Crippen LogP contribution < -0.4 is 10.1 Å². The van der Waals surface area contributed by atoms with Gasteiger partial charge in [0.05, 0.1) is 11.1 Å². The molecule has 26 heavy (non-hydrogen) atoms. The quantitative estimate of drug-likeness (QED) is 0.611. The molecule has 1 heterocycles. The SMILES string of the molecule is C#Cc1cnc2c(C)cc(OC(CC)C(=O)NC(C)(C)CN=O)cc2c1. The van der Waals surface area contributed by atoms with Gasteiger partial charge in [-0.25, -0.2) is 0 Å². The first-order valence-corrected chi connectivity index (χ1v) is 8.44. The fourth-order valence-corrected chi connectivity index (χ4v) is 2.65. The van der Waals surface area contributed by atoms with E-state index in [1.54, 1.807) is 20.0 Å². The number of hydrogen-bond donors (Lipinski definition) is 1. The van der Waals surface area contributed by atoms with E-state index in [9.17, 15) is 9.70 Å². The Balaban J connectivity index is 2.26. The average molecular weight is 353 g/mol. The Morgan fingerprint density at radius 3 is 2.77 bits per heavy atom. The summed E-state index contributed by atoms with van der Waals surface area (Å²) in [6.07, 6.45) is 6.90. The molecule has 1 unspecified atom stereocenters. The third-order valence-electron chi connectivity index (χ3n) is 3.98. The van der Waals surface area contributed by atoms with Gasteiger partial charge in [-0.05, 0) is 51.0 Å². The number of terminal acetylenes is 1. The van der Waals surface area contributed by atoms with Gasteiger partial charge in [-0.1, -0.05) is 18.0 Å². The number of nitroso groups, excluding NO2 is 1. The Labute approximate surface area is 153 Å². The first-order valence-electron chi connectivity index (χ1n) is 8.44. The van der Waals surface area contributed by atoms with Crippen LogP contribution in [-0.4, -0.2) is 29.1 Å². The molecule has 0 radical (unpaired) electrons. The number of ether oxygens (including phenoxy) is 1. The van der Waals surface area contributed by atoms with Gasteiger partial charge in [0.25, 0.3) is 5.91 Å². The Morgan fingerprint density at radius 2 is 2.15 bits per heavy atom. The van der Waals surface area contributed by atoms with Gasteiger partial charge in [0.1, 0.15) is 12.3 Å². The minimum atomic E-state index is -0.722. The minimum absolute atomic E-state index is 0.00913. The van der Waals surface area contributed by atoms with Crippen molar-refractivity contribution in [2.75, 3.05) is 6.54 Å². The van der Waals surface area contributed by atoms with Crippen LogP contribution in [-0.2, 0) is 4.79 Å². The summed E-state index contributed by atoms with van der Waals surface area (Å²) in [5.41, 5.74) is 1.73. The zero-order chi connectivity index (χ0) is 19.3. The highest BCUT2D eigenvalue weighted by molar-refractivity contribution is 5.85. The molecule has 2 rings (SSSR count). The van der Waals surface area contributed by atoms with Gasteiger partial charge in [0, 0.05) is 17.1 Å². The van der Waals surface area contributed by atoms with Crippen LogP contribution in [0.15, 0.2) is 29.6 Å². The molecule has 6 nitrogen and oxygen atoms in total. The van der Waals surface area contributed by atoms with Crippen LogP contribution in [0.5, 0.6) is 5.75 Å². The third-order valence-corrected chi connectivity index (χ3v) is 3.98. The number of fused-ring (bicyclic) bond motifs is 1. The molecule has 1 atom stereocenters. The van der Waals surface area contributed by atoms with E-state index in [0.29, 0.717) is 17.7 Å². The molecule has 0 saturated heterocycles. The van der Waals surface area contributed by atoms with Crippen molar-refractivity contribution >= 4 is 16.8 Å². The van der Waals surface area contributed by atoms with Crippen LogP contribution in [0, 0.1) is 24.2 Å². The smallest absolute Gasteiger partial charge is 0.261 e. The zero-order valence-electron chi connectivity index (χ0n) is 15.5. The lowest BCUT2D eigenvalue weighted by molar-refractivity contribution is -0.129. The standard InChI is InChI=1S/C20H23N3O3/c1-6-14-9-15-10-16(8-13(3)18(15)21-11-14)26-17(7-2)19(24)23-20(4,5)12-22-25/h1,8-11,17H,7,12H2,2-5H3,(H,23,24). The first-order chi connectivity index (χ1) is 12.3. The van der Waals surface area contributed by atoms with Crippen molar-refractivity contribution in [1.82, 2.24) is 10.3 Å². The number of hydrogen-bond acceptors (Lipinski definition) is 5. The summed E-state index contributed by atoms with van der Waals surface area (Å²) in [6.45, 7) is 7.27. The van der Waals surface area contributed by atoms with Gasteiger partial charge in [-0.3, -0.25) is 9.78 Å². The number of aryl methyl sites for hydroxylation is 1. The van der Waals surface area contributed by atoms with Gasteiger partial charge >= 0.3 is 0 Å². The van der Waals surface area contributed by atoms with E-state index in [0.717, 1.165) is 16.5 Å². The summed E-state index contributed by atoms with van der Waals surface area (Å²) in [4.78, 5) is 27.4. The van der Waals surface area contributed by atoms with E-state index in [-0.39, 0.29) is 12.5 Å². The van der Waals surface area contributed by atoms with Crippen LogP contribution >= 0.6 is 0 Å². The minimum Gasteiger partial charge on any atom is -0.481 e. The van der Waals surface area contributed by atoms with E-state index < -0.39 is 11.6 Å². The lowest BCUT2D eigenvalue weighted by Crippen LogP contribution is -2.50. The topological polar surface area (TPSA) is 80.7 Å². The maximum Gasteiger partial charge on any atom is 0.261 e. The first kappa shape index (κ1) is 19.4. The molecule has 0 fully saturated rings. The lowest BCUT2D eigenvalue weighted by Gasteiger charge is -2.26. The summed E-state index contributed by atoms with van der Waals surface area (Å²) in [7, 11) is 0. The van der Waals surface area contributed by atoms with Crippen LogP contribution in [0.1, 0.15) is 38.3 Å². The highest BCUT2D eigenvalue weighted by Crippen LogP contribution is 2.25. The Bertz CT molecular complexity index is 868. The van der Waals surface area contributed by atoms with Crippen molar-refractivity contribution in [2.24, 2.45) is 5.18 Å². The van der Waals surface area contributed by atoms with Crippen LogP contribution in [0.25, 0.3) is 10.9 Å². The molecule has 1 aromatic heterocycles. The summed E-state index contributed by atoms with van der Waals surface area (Å²) < 4.78 is 5.91. The summed E-state index contributed by atoms with van der Waals surface area (Å²) >= 11 is 0. The van der Waals surface area contributed by atoms with E-state index >= 15 is 0 Å². The normalized spacial score (nSPS) is 12.3. The van der Waals surface area contributed by atoms with Gasteiger partial charge in [0.15, 0.2) is 6.10 Å². The highest BCUT2D eigenvalue weighted by atomic mass is 16.5. The molecule has 1 aromatic carbocycles. The number of nitrogens with zero attached hydrogens (tertiary/aromatic N) is 2. The number of aromatic nitrogens is 1. The molecule has 0 aliphatic carbocycles. The zero-order valence-corrected chi connectivity index (χ0v) is 15.5. The molecular formula is C20H23N3O3. The second-order valence-corrected chi connectivity index (χ2v) is 6.86. The van der Waals surface area contributed by atoms with E-state index in [1.165, 1.54) is 0 Å². The van der Waals surface area contributed by atoms with Crippen molar-refractivity contribution in [3.63, 3.8) is 0 Å². The molecule has 1 amide bonds. The number of nitrogens with one attached hydrogen (secondary N) is 1. The Hall–Kier alpha value is -2.94. The van der Waals surface area contributed by atoms with E-state index in [4.69, 9.17) is 11.2 Å². The molecule has 2 aromatic rings. The second kappa shape index (κ2) is 7.96. The Kier molecular flexibility index (Phi) is 5.93. The number of benzene rings is 1. The molecule has 0 spiro atoms. The number of carbonyl (C=O) groups is 1. The number of rotatable bonds is 7. The van der Waals surface area contributed by atoms with Crippen molar-refractivity contribution in [2.45, 2.75) is 45.8 Å². The summed E-state index contributed by atoms with van der Waals surface area (Å²) in [5.74, 6) is 2.85. The molecule has 0 saturated carbocycles. The molecule has 136 valence electrons. The molecular weight excluding hydrogens is 330 g/mol. The maximum atomic E-state index is 12.5. The van der Waals surface area contributed by atoms with Gasteiger partial charge in [0.2, 0.25) is 0 Å². The van der Waals surface area contributed by atoms with Gasteiger partial charge < -0.3 is 10.1 Å². The fraction of sp³-hybridized carbons (Fsp3) is 0.400. The molecule has 6 heteroatoms. The number of amides is 1. The molecule has 0 bridgehead atoms. The molecule has 0 aliphatic heterocycles.